The number of anilines is 3. The largest absolute Gasteiger partial charge is 0.354 e. The third-order valence-corrected chi connectivity index (χ3v) is 3.83. The summed E-state index contributed by atoms with van der Waals surface area (Å²) in [5.41, 5.74) is 3.36. The summed E-state index contributed by atoms with van der Waals surface area (Å²) < 4.78 is 0. The van der Waals surface area contributed by atoms with Gasteiger partial charge in [0.05, 0.1) is 11.9 Å². The van der Waals surface area contributed by atoms with Gasteiger partial charge in [-0.3, -0.25) is 4.79 Å². The van der Waals surface area contributed by atoms with Crippen molar-refractivity contribution in [3.63, 3.8) is 0 Å². The van der Waals surface area contributed by atoms with E-state index in [0.29, 0.717) is 12.2 Å². The van der Waals surface area contributed by atoms with Crippen molar-refractivity contribution in [1.29, 1.82) is 0 Å². The standard InChI is InChI=1S/C20H27N3O/c1-5-6-7-19(24)23-18-13-12-17(14-21-18)22-16-10-8-15(9-11-16)20(2,3)4/h8-14,22H,5-7H2,1-4H3,(H,21,23,24). The summed E-state index contributed by atoms with van der Waals surface area (Å²) in [6, 6.07) is 12.1. The number of hydrogen-bond donors (Lipinski definition) is 2. The quantitative estimate of drug-likeness (QED) is 0.762. The van der Waals surface area contributed by atoms with Crippen molar-refractivity contribution >= 4 is 23.1 Å². The Kier molecular flexibility index (Phi) is 5.96. The number of pyridine rings is 1. The van der Waals surface area contributed by atoms with Crippen molar-refractivity contribution in [3.05, 3.63) is 48.2 Å². The summed E-state index contributed by atoms with van der Waals surface area (Å²) in [7, 11) is 0. The lowest BCUT2D eigenvalue weighted by Crippen LogP contribution is -2.12. The number of hydrogen-bond acceptors (Lipinski definition) is 3. The predicted molar refractivity (Wildman–Crippen MR) is 101 cm³/mol. The molecule has 0 radical (unpaired) electrons. The van der Waals surface area contributed by atoms with E-state index in [9.17, 15) is 4.79 Å². The molecule has 0 atom stereocenters. The molecule has 0 saturated heterocycles. The van der Waals surface area contributed by atoms with Crippen LogP contribution in [0, 0.1) is 0 Å². The SMILES string of the molecule is CCCCC(=O)Nc1ccc(Nc2ccc(C(C)(C)C)cc2)cn1. The molecule has 0 aliphatic heterocycles. The average molecular weight is 325 g/mol. The Bertz CT molecular complexity index is 655. The van der Waals surface area contributed by atoms with Gasteiger partial charge in [0.2, 0.25) is 5.91 Å². The summed E-state index contributed by atoms with van der Waals surface area (Å²) in [4.78, 5) is 16.0. The van der Waals surface area contributed by atoms with E-state index in [2.05, 4.69) is 67.6 Å². The Labute approximate surface area is 144 Å². The number of nitrogens with one attached hydrogen (secondary N) is 2. The van der Waals surface area contributed by atoms with Gasteiger partial charge in [0.1, 0.15) is 5.82 Å². The highest BCUT2D eigenvalue weighted by molar-refractivity contribution is 5.89. The molecule has 4 heteroatoms. The molecule has 0 saturated carbocycles. The lowest BCUT2D eigenvalue weighted by molar-refractivity contribution is -0.116. The molecule has 0 aliphatic carbocycles. The first-order valence-corrected chi connectivity index (χ1v) is 8.52. The Hall–Kier alpha value is -2.36. The summed E-state index contributed by atoms with van der Waals surface area (Å²) in [6.45, 7) is 8.67. The highest BCUT2D eigenvalue weighted by Gasteiger charge is 2.12. The molecule has 0 fully saturated rings. The van der Waals surface area contributed by atoms with Crippen LogP contribution in [0.2, 0.25) is 0 Å². The van der Waals surface area contributed by atoms with E-state index in [1.807, 2.05) is 12.1 Å². The summed E-state index contributed by atoms with van der Waals surface area (Å²) in [6.07, 6.45) is 4.18. The number of unbranched alkanes of at least 4 members (excludes halogenated alkanes) is 1. The van der Waals surface area contributed by atoms with E-state index < -0.39 is 0 Å². The molecule has 0 bridgehead atoms. The maximum absolute atomic E-state index is 11.7. The fraction of sp³-hybridized carbons (Fsp3) is 0.400. The van der Waals surface area contributed by atoms with Crippen molar-refractivity contribution in [2.45, 2.75) is 52.4 Å². The first kappa shape index (κ1) is 18.0. The number of carbonyl (C=O) groups is 1. The van der Waals surface area contributed by atoms with Crippen LogP contribution in [0.25, 0.3) is 0 Å². The molecule has 4 nitrogen and oxygen atoms in total. The van der Waals surface area contributed by atoms with Gasteiger partial charge in [-0.25, -0.2) is 4.98 Å². The number of amides is 1. The zero-order chi connectivity index (χ0) is 17.6. The van der Waals surface area contributed by atoms with Gasteiger partial charge in [-0.15, -0.1) is 0 Å². The molecular formula is C20H27N3O. The van der Waals surface area contributed by atoms with Crippen LogP contribution in [0.1, 0.15) is 52.5 Å². The molecule has 1 heterocycles. The lowest BCUT2D eigenvalue weighted by atomic mass is 9.87. The topological polar surface area (TPSA) is 54.0 Å². The Morgan fingerprint density at radius 2 is 1.71 bits per heavy atom. The van der Waals surface area contributed by atoms with Crippen LogP contribution in [-0.4, -0.2) is 10.9 Å². The normalized spacial score (nSPS) is 11.2. The Morgan fingerprint density at radius 3 is 2.25 bits per heavy atom. The number of benzene rings is 1. The first-order chi connectivity index (χ1) is 11.4. The highest BCUT2D eigenvalue weighted by atomic mass is 16.1. The van der Waals surface area contributed by atoms with Crippen molar-refractivity contribution in [3.8, 4) is 0 Å². The number of aromatic nitrogens is 1. The minimum Gasteiger partial charge on any atom is -0.354 e. The molecule has 24 heavy (non-hydrogen) atoms. The van der Waals surface area contributed by atoms with E-state index in [0.717, 1.165) is 24.2 Å². The fourth-order valence-electron chi connectivity index (χ4n) is 2.30. The van der Waals surface area contributed by atoms with E-state index >= 15 is 0 Å². The van der Waals surface area contributed by atoms with Gasteiger partial charge in [0.25, 0.3) is 0 Å². The van der Waals surface area contributed by atoms with E-state index in [1.165, 1.54) is 5.56 Å². The highest BCUT2D eigenvalue weighted by Crippen LogP contribution is 2.25. The average Bonchev–Trinajstić information content (AvgIpc) is 2.54. The van der Waals surface area contributed by atoms with E-state index in [-0.39, 0.29) is 11.3 Å². The first-order valence-electron chi connectivity index (χ1n) is 8.52. The molecular weight excluding hydrogens is 298 g/mol. The number of nitrogens with zero attached hydrogens (tertiary/aromatic N) is 1. The molecule has 1 aromatic carbocycles. The van der Waals surface area contributed by atoms with Crippen molar-refractivity contribution in [1.82, 2.24) is 4.98 Å². The Morgan fingerprint density at radius 1 is 1.04 bits per heavy atom. The predicted octanol–water partition coefficient (Wildman–Crippen LogP) is 5.25. The van der Waals surface area contributed by atoms with E-state index in [1.54, 1.807) is 6.20 Å². The van der Waals surface area contributed by atoms with Gasteiger partial charge >= 0.3 is 0 Å². The second-order valence-electron chi connectivity index (χ2n) is 7.04. The van der Waals surface area contributed by atoms with Gasteiger partial charge in [-0.1, -0.05) is 46.2 Å². The van der Waals surface area contributed by atoms with Crippen LogP contribution in [-0.2, 0) is 10.2 Å². The smallest absolute Gasteiger partial charge is 0.225 e. The number of rotatable bonds is 6. The second kappa shape index (κ2) is 7.95. The third-order valence-electron chi connectivity index (χ3n) is 3.83. The van der Waals surface area contributed by atoms with Crippen LogP contribution < -0.4 is 10.6 Å². The second-order valence-corrected chi connectivity index (χ2v) is 7.04. The van der Waals surface area contributed by atoms with Crippen molar-refractivity contribution < 1.29 is 4.79 Å². The molecule has 0 aliphatic rings. The maximum atomic E-state index is 11.7. The molecule has 1 amide bonds. The van der Waals surface area contributed by atoms with Gasteiger partial charge < -0.3 is 10.6 Å². The minimum atomic E-state index is 0.0165. The number of carbonyl (C=O) groups excluding carboxylic acids is 1. The molecule has 128 valence electrons. The summed E-state index contributed by atoms with van der Waals surface area (Å²) >= 11 is 0. The molecule has 0 unspecified atom stereocenters. The third kappa shape index (κ3) is 5.37. The summed E-state index contributed by atoms with van der Waals surface area (Å²) in [5, 5.41) is 6.14. The van der Waals surface area contributed by atoms with Gasteiger partial charge in [0, 0.05) is 12.1 Å². The maximum Gasteiger partial charge on any atom is 0.225 e. The minimum absolute atomic E-state index is 0.0165. The molecule has 1 aromatic heterocycles. The molecule has 0 spiro atoms. The monoisotopic (exact) mass is 325 g/mol. The molecule has 2 aromatic rings. The van der Waals surface area contributed by atoms with Crippen LogP contribution in [0.3, 0.4) is 0 Å². The molecule has 2 N–H and O–H groups in total. The van der Waals surface area contributed by atoms with Gasteiger partial charge in [-0.05, 0) is 41.7 Å². The van der Waals surface area contributed by atoms with Gasteiger partial charge in [-0.2, -0.15) is 0 Å². The Balaban J connectivity index is 1.95. The van der Waals surface area contributed by atoms with Crippen LogP contribution in [0.15, 0.2) is 42.6 Å². The lowest BCUT2D eigenvalue weighted by Gasteiger charge is -2.19. The van der Waals surface area contributed by atoms with Crippen molar-refractivity contribution in [2.75, 3.05) is 10.6 Å². The zero-order valence-corrected chi connectivity index (χ0v) is 15.0. The van der Waals surface area contributed by atoms with Crippen LogP contribution in [0.5, 0.6) is 0 Å². The van der Waals surface area contributed by atoms with Crippen molar-refractivity contribution in [2.24, 2.45) is 0 Å². The van der Waals surface area contributed by atoms with Crippen LogP contribution >= 0.6 is 0 Å². The zero-order valence-electron chi connectivity index (χ0n) is 15.0. The van der Waals surface area contributed by atoms with E-state index in [4.69, 9.17) is 0 Å². The molecule has 2 rings (SSSR count). The van der Waals surface area contributed by atoms with Crippen LogP contribution in [0.4, 0.5) is 17.2 Å². The van der Waals surface area contributed by atoms with Gasteiger partial charge in [0.15, 0.2) is 0 Å². The fourth-order valence-corrected chi connectivity index (χ4v) is 2.30. The summed E-state index contributed by atoms with van der Waals surface area (Å²) in [5.74, 6) is 0.604.